The molecule has 2 saturated heterocycles. The van der Waals surface area contributed by atoms with Gasteiger partial charge in [0.25, 0.3) is 0 Å². The van der Waals surface area contributed by atoms with Crippen LogP contribution in [0.5, 0.6) is 11.5 Å². The number of nitrogens with zero attached hydrogens (tertiary/aromatic N) is 2. The van der Waals surface area contributed by atoms with Crippen LogP contribution in [0, 0.1) is 17.8 Å². The first kappa shape index (κ1) is 111. The maximum absolute atomic E-state index is 15.1. The van der Waals surface area contributed by atoms with E-state index in [1.165, 1.54) is 30.6 Å². The molecule has 15 amide bonds. The number of aliphatic carboxylic acids is 1. The summed E-state index contributed by atoms with van der Waals surface area (Å²) in [5, 5.41) is 44.7. The molecule has 4 aromatic carbocycles. The second kappa shape index (κ2) is 49.9. The quantitative estimate of drug-likeness (QED) is 0.0204. The number of carbonyl (C=O) groups excluding carboxylic acids is 15. The minimum atomic E-state index is -1.46. The number of ether oxygens (including phenoxy) is 5. The normalized spacial score (nSPS) is 16.8. The van der Waals surface area contributed by atoms with Gasteiger partial charge in [0.1, 0.15) is 114 Å². The predicted molar refractivity (Wildman–Crippen MR) is 508 cm³/mol. The lowest BCUT2D eigenvalue weighted by Crippen LogP contribution is -2.61. The summed E-state index contributed by atoms with van der Waals surface area (Å²) in [6, 6.07) is 13.4. The van der Waals surface area contributed by atoms with Crippen LogP contribution in [0.1, 0.15) is 232 Å². The van der Waals surface area contributed by atoms with Gasteiger partial charge in [0.15, 0.2) is 0 Å². The number of alkyl carbamates (subject to hydrolysis) is 2. The number of fused-ring (bicyclic) bond motifs is 3. The van der Waals surface area contributed by atoms with Gasteiger partial charge in [-0.25, -0.2) is 14.4 Å². The molecule has 37 heteroatoms. The van der Waals surface area contributed by atoms with Gasteiger partial charge in [0.05, 0.1) is 18.2 Å². The summed E-state index contributed by atoms with van der Waals surface area (Å²) in [5.41, 5.74) is 2.49. The van der Waals surface area contributed by atoms with Crippen LogP contribution in [-0.2, 0) is 94.2 Å². The van der Waals surface area contributed by atoms with E-state index in [1.54, 1.807) is 125 Å². The topological polar surface area (TPSA) is 502 Å². The number of hydrogen-bond acceptors (Lipinski definition) is 21. The zero-order valence-electron chi connectivity index (χ0n) is 82.8. The minimum Gasteiger partial charge on any atom is -0.488 e. The van der Waals surface area contributed by atoms with Crippen molar-refractivity contribution in [3.05, 3.63) is 119 Å². The van der Waals surface area contributed by atoms with Crippen molar-refractivity contribution in [2.75, 3.05) is 39.3 Å². The van der Waals surface area contributed by atoms with Crippen molar-refractivity contribution in [3.63, 3.8) is 0 Å². The second-order valence-corrected chi connectivity index (χ2v) is 40.2. The first-order valence-corrected chi connectivity index (χ1v) is 47.0. The fraction of sp³-hybridized carbons (Fsp3) is 0.596. The number of likely N-dealkylation sites (tertiary alicyclic amines) is 2. The van der Waals surface area contributed by atoms with E-state index < -0.39 is 221 Å². The van der Waals surface area contributed by atoms with Gasteiger partial charge in [-0.05, 0) is 238 Å². The molecule has 2 heterocycles. The van der Waals surface area contributed by atoms with Crippen LogP contribution in [0.25, 0.3) is 11.1 Å². The number of benzene rings is 4. The molecule has 3 aliphatic rings. The third kappa shape index (κ3) is 35.0. The standard InChI is InChI=1S/C99H145N15O22/c1-55(2)49-72(106-78(116)53-102-94(130)132-54-70-68-33-25-23-31-66(68)67-32-24-26-34-69(67)70)86(121)105-59(8)83(118)108-73(50-62-38-42-64(43-39-62)134-97(14,15)16)87(122)107-71(35-27-28-46-100-95(131)136-99(20,21)22)85(120)110-79(56(3)4)90(125)111-80(57(5)6)91(126)113-47-29-36-75(113)88(123)101-52-77(115)103-58(7)82(117)104-60(9)84(119)112-81(61(10)133-96(11,12)13)92(127)114-48-30-37-76(114)89(124)109-74(93(128)129)51-63-40-44-65(45-41-63)135-98(17,18)19/h23-26,31-34,38-45,55-61,70-76,79-81H,27-30,35-37,46-54H2,1-22H3,(H,100,131)(H,101,123)(H,102,130)(H,103,115)(H,104,117)(H,105,121)(H,106,116)(H,107,122)(H,108,118)(H,109,124)(H,110,120)(H,111,125)(H,112,119)(H,128,129)/t58-,59-,60-,61+,71-,72-,73-,74-,75-,76-,79-,80-,81-/m0/s1. The van der Waals surface area contributed by atoms with E-state index in [0.717, 1.165) is 22.3 Å². The fourth-order valence-corrected chi connectivity index (χ4v) is 16.0. The Balaban J connectivity index is 0.976. The molecular formula is C99H145N15O22. The highest BCUT2D eigenvalue weighted by molar-refractivity contribution is 6.00. The third-order valence-corrected chi connectivity index (χ3v) is 22.6. The Kier molecular flexibility index (Phi) is 40.5. The van der Waals surface area contributed by atoms with Crippen molar-refractivity contribution in [2.45, 2.75) is 323 Å². The molecule has 37 nitrogen and oxygen atoms in total. The summed E-state index contributed by atoms with van der Waals surface area (Å²) >= 11 is 0. The van der Waals surface area contributed by atoms with Crippen LogP contribution in [0.2, 0.25) is 0 Å². The molecule has 136 heavy (non-hydrogen) atoms. The smallest absolute Gasteiger partial charge is 0.407 e. The van der Waals surface area contributed by atoms with E-state index in [2.05, 4.69) is 69.1 Å². The number of amides is 15. The highest BCUT2D eigenvalue weighted by atomic mass is 16.6. The number of hydrogen-bond donors (Lipinski definition) is 14. The molecule has 0 bridgehead atoms. The van der Waals surface area contributed by atoms with E-state index in [4.69, 9.17) is 23.7 Å². The van der Waals surface area contributed by atoms with Crippen molar-refractivity contribution in [1.82, 2.24) is 78.9 Å². The molecule has 7 rings (SSSR count). The molecule has 1 aliphatic carbocycles. The lowest BCUT2D eigenvalue weighted by Gasteiger charge is -2.35. The summed E-state index contributed by atoms with van der Waals surface area (Å²) in [4.78, 5) is 227. The van der Waals surface area contributed by atoms with E-state index >= 15 is 9.59 Å². The zero-order valence-corrected chi connectivity index (χ0v) is 82.8. The number of carboxylic acid groups (broad SMARTS) is 1. The zero-order chi connectivity index (χ0) is 101. The van der Waals surface area contributed by atoms with Gasteiger partial charge in [0, 0.05) is 38.4 Å². The molecule has 0 unspecified atom stereocenters. The number of rotatable bonds is 45. The van der Waals surface area contributed by atoms with Crippen LogP contribution in [0.3, 0.4) is 0 Å². The van der Waals surface area contributed by atoms with Gasteiger partial charge in [-0.1, -0.05) is 114 Å². The van der Waals surface area contributed by atoms with Crippen molar-refractivity contribution in [3.8, 4) is 22.6 Å². The number of unbranched alkanes of at least 4 members (excludes halogenated alkanes) is 1. The van der Waals surface area contributed by atoms with Crippen LogP contribution in [0.15, 0.2) is 97.1 Å². The Labute approximate surface area is 798 Å². The Morgan fingerprint density at radius 1 is 0.412 bits per heavy atom. The Morgan fingerprint density at radius 2 is 0.853 bits per heavy atom. The molecular weight excluding hydrogens is 1750 g/mol. The van der Waals surface area contributed by atoms with Gasteiger partial charge < -0.3 is 108 Å². The molecule has 0 aromatic heterocycles. The first-order chi connectivity index (χ1) is 63.5. The molecule has 4 aromatic rings. The van der Waals surface area contributed by atoms with E-state index in [-0.39, 0.29) is 89.4 Å². The van der Waals surface area contributed by atoms with Gasteiger partial charge in [-0.2, -0.15) is 0 Å². The molecule has 14 N–H and O–H groups in total. The first-order valence-electron chi connectivity index (χ1n) is 47.0. The summed E-state index contributed by atoms with van der Waals surface area (Å²) in [6.45, 7) is 36.5. The monoisotopic (exact) mass is 1900 g/mol. The number of carboxylic acids is 1. The molecule has 748 valence electrons. The molecule has 13 atom stereocenters. The second-order valence-electron chi connectivity index (χ2n) is 40.2. The van der Waals surface area contributed by atoms with E-state index in [0.29, 0.717) is 35.5 Å². The van der Waals surface area contributed by atoms with Gasteiger partial charge in [-0.3, -0.25) is 62.3 Å². The summed E-state index contributed by atoms with van der Waals surface area (Å²) in [7, 11) is 0. The highest BCUT2D eigenvalue weighted by Crippen LogP contribution is 2.45. The molecule has 0 spiro atoms. The van der Waals surface area contributed by atoms with Crippen molar-refractivity contribution >= 4 is 94.9 Å². The van der Waals surface area contributed by atoms with Crippen LogP contribution < -0.4 is 78.6 Å². The van der Waals surface area contributed by atoms with Crippen LogP contribution in [-0.4, -0.2) is 250 Å². The lowest BCUT2D eigenvalue weighted by atomic mass is 9.98. The predicted octanol–water partition coefficient (Wildman–Crippen LogP) is 6.71. The Bertz CT molecular complexity index is 4800. The highest BCUT2D eigenvalue weighted by Gasteiger charge is 2.45. The summed E-state index contributed by atoms with van der Waals surface area (Å²) in [5.74, 6) is -12.1. The average Bonchev–Trinajstić information content (AvgIpc) is 1.61. The molecule has 2 aliphatic heterocycles. The van der Waals surface area contributed by atoms with Gasteiger partial charge in [0.2, 0.25) is 76.8 Å². The average molecular weight is 1900 g/mol. The SMILES string of the molecule is CC(C)C[C@H](NC(=O)CNC(=O)OCC1c2ccccc2-c2ccccc21)C(=O)N[C@@H](C)C(=O)N[C@@H](Cc1ccc(OC(C)(C)C)cc1)C(=O)N[C@@H](CCCCNC(=O)OC(C)(C)C)C(=O)N[C@H](C(=O)N[C@H](C(=O)N1CCC[C@H]1C(=O)NCC(=O)N[C@@H](C)C(=O)N[C@@H](C)C(=O)N[C@H](C(=O)N1CCC[C@H]1C(=O)N[C@@H](Cc1ccc(OC(C)(C)C)cc1)C(=O)O)[C@@H](C)OC(C)(C)C)C(C)C)C(C)C. The lowest BCUT2D eigenvalue weighted by molar-refractivity contribution is -0.149. The Morgan fingerprint density at radius 3 is 1.36 bits per heavy atom. The summed E-state index contributed by atoms with van der Waals surface area (Å²) in [6.07, 6.45) is -1.30. The minimum absolute atomic E-state index is 0.00574. The Hall–Kier alpha value is -12.4. The van der Waals surface area contributed by atoms with Crippen LogP contribution in [0.4, 0.5) is 9.59 Å². The maximum Gasteiger partial charge on any atom is 0.407 e. The van der Waals surface area contributed by atoms with E-state index in [9.17, 15) is 72.2 Å². The fourth-order valence-electron chi connectivity index (χ4n) is 16.0. The third-order valence-electron chi connectivity index (χ3n) is 22.6. The number of carbonyl (C=O) groups is 16. The van der Waals surface area contributed by atoms with Crippen molar-refractivity contribution in [1.29, 1.82) is 0 Å². The molecule has 2 fully saturated rings. The van der Waals surface area contributed by atoms with E-state index in [1.807, 2.05) is 104 Å². The largest absolute Gasteiger partial charge is 0.488 e. The van der Waals surface area contributed by atoms with Crippen LogP contribution >= 0.6 is 0 Å². The van der Waals surface area contributed by atoms with Gasteiger partial charge >= 0.3 is 18.2 Å². The summed E-state index contributed by atoms with van der Waals surface area (Å²) < 4.78 is 29.1. The number of nitrogens with one attached hydrogen (secondary N) is 13. The van der Waals surface area contributed by atoms with Gasteiger partial charge in [-0.15, -0.1) is 0 Å². The molecule has 0 radical (unpaired) electrons. The maximum atomic E-state index is 15.1. The molecule has 0 saturated carbocycles. The van der Waals surface area contributed by atoms with Crippen molar-refractivity contribution in [2.24, 2.45) is 17.8 Å². The van der Waals surface area contributed by atoms with Crippen molar-refractivity contribution < 1.29 is 106 Å².